The summed E-state index contributed by atoms with van der Waals surface area (Å²) in [5.74, 6) is -0.00441. The molecule has 3 aromatic carbocycles. The van der Waals surface area contributed by atoms with Crippen LogP contribution in [-0.2, 0) is 22.4 Å². The van der Waals surface area contributed by atoms with E-state index >= 15 is 0 Å². The molecule has 0 bridgehead atoms. The maximum atomic E-state index is 14.1. The topological polar surface area (TPSA) is 104 Å². The van der Waals surface area contributed by atoms with E-state index in [1.165, 1.54) is 0 Å². The van der Waals surface area contributed by atoms with Gasteiger partial charge in [0.05, 0.1) is 13.2 Å². The van der Waals surface area contributed by atoms with Crippen LogP contribution in [0, 0.1) is 5.92 Å². The molecule has 4 aromatic rings. The average molecular weight is 565 g/mol. The van der Waals surface area contributed by atoms with Crippen LogP contribution in [0.4, 0.5) is 0 Å². The molecule has 1 aromatic heterocycles. The monoisotopic (exact) mass is 564 g/mol. The van der Waals surface area contributed by atoms with Crippen LogP contribution >= 0.6 is 0 Å². The van der Waals surface area contributed by atoms with E-state index in [9.17, 15) is 14.4 Å². The van der Waals surface area contributed by atoms with E-state index in [1.807, 2.05) is 80.6 Å². The minimum Gasteiger partial charge on any atom is -0.497 e. The maximum absolute atomic E-state index is 14.1. The lowest BCUT2D eigenvalue weighted by molar-refractivity contribution is -0.133. The average Bonchev–Trinajstić information content (AvgIpc) is 3.54. The number of para-hydroxylation sites is 1. The molecule has 0 radical (unpaired) electrons. The fourth-order valence-electron chi connectivity index (χ4n) is 6.32. The summed E-state index contributed by atoms with van der Waals surface area (Å²) in [6.45, 7) is 4.41. The van der Waals surface area contributed by atoms with Crippen LogP contribution in [0.3, 0.4) is 0 Å². The summed E-state index contributed by atoms with van der Waals surface area (Å²) in [5, 5.41) is 7.13. The first-order valence-electron chi connectivity index (χ1n) is 14.6. The van der Waals surface area contributed by atoms with Crippen molar-refractivity contribution in [3.63, 3.8) is 0 Å². The Bertz CT molecular complexity index is 1640. The Morgan fingerprint density at radius 3 is 2.55 bits per heavy atom. The van der Waals surface area contributed by atoms with Crippen LogP contribution in [0.15, 0.2) is 72.8 Å². The number of nitrogens with one attached hydrogen (secondary N) is 3. The van der Waals surface area contributed by atoms with Gasteiger partial charge in [0.25, 0.3) is 5.91 Å². The molecule has 8 heteroatoms. The number of ether oxygens (including phenoxy) is 1. The van der Waals surface area contributed by atoms with Crippen LogP contribution < -0.4 is 15.4 Å². The van der Waals surface area contributed by atoms with Crippen molar-refractivity contribution in [1.29, 1.82) is 0 Å². The number of aromatic nitrogens is 1. The Morgan fingerprint density at radius 2 is 1.79 bits per heavy atom. The number of aromatic amines is 1. The lowest BCUT2D eigenvalue weighted by Gasteiger charge is -2.38. The van der Waals surface area contributed by atoms with Crippen molar-refractivity contribution < 1.29 is 19.1 Å². The fourth-order valence-corrected chi connectivity index (χ4v) is 6.32. The summed E-state index contributed by atoms with van der Waals surface area (Å²) in [5.41, 5.74) is 5.56. The van der Waals surface area contributed by atoms with Crippen molar-refractivity contribution in [2.45, 2.75) is 51.2 Å². The number of amides is 3. The largest absolute Gasteiger partial charge is 0.497 e. The molecule has 4 unspecified atom stereocenters. The Labute approximate surface area is 245 Å². The molecule has 3 heterocycles. The number of hydrogen-bond donors (Lipinski definition) is 3. The predicted octanol–water partition coefficient (Wildman–Crippen LogP) is 4.54. The Morgan fingerprint density at radius 1 is 1.05 bits per heavy atom. The van der Waals surface area contributed by atoms with Crippen LogP contribution in [-0.4, -0.2) is 53.3 Å². The van der Waals surface area contributed by atoms with Gasteiger partial charge in [-0.2, -0.15) is 0 Å². The zero-order chi connectivity index (χ0) is 29.4. The van der Waals surface area contributed by atoms with Gasteiger partial charge in [-0.3, -0.25) is 14.4 Å². The van der Waals surface area contributed by atoms with Crippen LogP contribution in [0.2, 0.25) is 0 Å². The van der Waals surface area contributed by atoms with Gasteiger partial charge in [-0.05, 0) is 53.3 Å². The smallest absolute Gasteiger partial charge is 0.255 e. The first-order chi connectivity index (χ1) is 20.4. The molecule has 6 rings (SSSR count). The number of methoxy groups -OCH3 is 1. The highest BCUT2D eigenvalue weighted by molar-refractivity contribution is 6.04. The summed E-state index contributed by atoms with van der Waals surface area (Å²) < 4.78 is 5.22. The summed E-state index contributed by atoms with van der Waals surface area (Å²) >= 11 is 0. The molecular formula is C34H36N4O4. The normalized spacial score (nSPS) is 18.5. The second-order valence-electron chi connectivity index (χ2n) is 11.2. The van der Waals surface area contributed by atoms with Gasteiger partial charge in [-0.1, -0.05) is 68.8 Å². The molecule has 2 aliphatic heterocycles. The van der Waals surface area contributed by atoms with E-state index in [2.05, 4.69) is 21.7 Å². The third kappa shape index (κ3) is 4.81. The summed E-state index contributed by atoms with van der Waals surface area (Å²) in [6, 6.07) is 21.5. The van der Waals surface area contributed by atoms with Gasteiger partial charge in [-0.15, -0.1) is 0 Å². The van der Waals surface area contributed by atoms with Crippen LogP contribution in [0.25, 0.3) is 10.9 Å². The Hall–Kier alpha value is -4.59. The highest BCUT2D eigenvalue weighted by Crippen LogP contribution is 2.46. The molecule has 216 valence electrons. The number of carbonyl (C=O) groups excluding carboxylic acids is 3. The second-order valence-corrected chi connectivity index (χ2v) is 11.2. The number of H-pyrrole nitrogens is 1. The molecule has 0 saturated carbocycles. The zero-order valence-corrected chi connectivity index (χ0v) is 24.1. The lowest BCUT2D eigenvalue weighted by Crippen LogP contribution is -2.58. The van der Waals surface area contributed by atoms with Crippen molar-refractivity contribution in [1.82, 2.24) is 20.5 Å². The first-order valence-corrected chi connectivity index (χ1v) is 14.6. The standard InChI is InChI=1S/C34H36N4O4/c1-4-20(2)29(33(40)35-18-17-21-13-15-22(42-3)16-14-21)37-32(39)28-19-26-23-9-7-8-12-27(23)36-30(26)31-24-10-5-6-11-25(24)34(41)38(28)31/h5-16,20,28-29,31,36H,4,17-19H2,1-3H3,(H,35,40)(H,37,39). The number of carbonyl (C=O) groups is 3. The van der Waals surface area contributed by atoms with Crippen molar-refractivity contribution >= 4 is 28.6 Å². The molecular weight excluding hydrogens is 528 g/mol. The van der Waals surface area contributed by atoms with Crippen LogP contribution in [0.5, 0.6) is 5.75 Å². The van der Waals surface area contributed by atoms with Crippen molar-refractivity contribution in [3.8, 4) is 5.75 Å². The fraction of sp³-hybridized carbons (Fsp3) is 0.324. The number of benzene rings is 3. The molecule has 0 saturated heterocycles. The minimum atomic E-state index is -0.750. The van der Waals surface area contributed by atoms with Gasteiger partial charge >= 0.3 is 0 Å². The highest BCUT2D eigenvalue weighted by Gasteiger charge is 2.49. The molecule has 4 atom stereocenters. The molecule has 0 aliphatic carbocycles. The molecule has 2 aliphatic rings. The van der Waals surface area contributed by atoms with Gasteiger partial charge in [0.2, 0.25) is 11.8 Å². The molecule has 8 nitrogen and oxygen atoms in total. The van der Waals surface area contributed by atoms with Crippen LogP contribution in [0.1, 0.15) is 59.1 Å². The summed E-state index contributed by atoms with van der Waals surface area (Å²) in [4.78, 5) is 46.5. The molecule has 3 amide bonds. The maximum Gasteiger partial charge on any atom is 0.255 e. The van der Waals surface area contributed by atoms with E-state index in [0.29, 0.717) is 31.4 Å². The zero-order valence-electron chi connectivity index (χ0n) is 24.1. The van der Waals surface area contributed by atoms with E-state index in [1.54, 1.807) is 12.0 Å². The molecule has 3 N–H and O–H groups in total. The quantitative estimate of drug-likeness (QED) is 0.278. The number of hydrogen-bond acceptors (Lipinski definition) is 4. The third-order valence-electron chi connectivity index (χ3n) is 8.82. The molecule has 0 spiro atoms. The second kappa shape index (κ2) is 11.4. The van der Waals surface area contributed by atoms with Gasteiger partial charge in [0, 0.05) is 35.1 Å². The van der Waals surface area contributed by atoms with Gasteiger partial charge in [-0.25, -0.2) is 0 Å². The third-order valence-corrected chi connectivity index (χ3v) is 8.82. The Balaban J connectivity index is 1.24. The Kier molecular flexibility index (Phi) is 7.45. The van der Waals surface area contributed by atoms with E-state index in [4.69, 9.17) is 4.74 Å². The number of fused-ring (bicyclic) bond motifs is 7. The lowest BCUT2D eigenvalue weighted by atomic mass is 9.89. The minimum absolute atomic E-state index is 0.0931. The summed E-state index contributed by atoms with van der Waals surface area (Å²) in [7, 11) is 1.63. The van der Waals surface area contributed by atoms with E-state index < -0.39 is 12.1 Å². The SMILES string of the molecule is CCC(C)C(NC(=O)C1Cc2c([nH]c3ccccc23)C2c3ccccc3C(=O)N12)C(=O)NCCc1ccc(OC)cc1. The van der Waals surface area contributed by atoms with E-state index in [0.717, 1.165) is 39.0 Å². The highest BCUT2D eigenvalue weighted by atomic mass is 16.5. The number of rotatable bonds is 9. The van der Waals surface area contributed by atoms with Crippen molar-refractivity contribution in [3.05, 3.63) is 101 Å². The van der Waals surface area contributed by atoms with Gasteiger partial charge in [0.15, 0.2) is 0 Å². The summed E-state index contributed by atoms with van der Waals surface area (Å²) in [6.07, 6.45) is 1.74. The van der Waals surface area contributed by atoms with Gasteiger partial charge < -0.3 is 25.3 Å². The van der Waals surface area contributed by atoms with E-state index in [-0.39, 0.29) is 29.7 Å². The first kappa shape index (κ1) is 27.6. The van der Waals surface area contributed by atoms with Crippen molar-refractivity contribution in [2.24, 2.45) is 5.92 Å². The molecule has 0 fully saturated rings. The number of nitrogens with zero attached hydrogens (tertiary/aromatic N) is 1. The molecule has 42 heavy (non-hydrogen) atoms. The van der Waals surface area contributed by atoms with Gasteiger partial charge in [0.1, 0.15) is 17.8 Å². The van der Waals surface area contributed by atoms with Crippen molar-refractivity contribution in [2.75, 3.05) is 13.7 Å². The predicted molar refractivity (Wildman–Crippen MR) is 161 cm³/mol.